The molecule has 1 aromatic carbocycles. The fourth-order valence-electron chi connectivity index (χ4n) is 2.48. The van der Waals surface area contributed by atoms with E-state index in [0.717, 1.165) is 18.7 Å². The lowest BCUT2D eigenvalue weighted by atomic mass is 9.88. The Labute approximate surface area is 159 Å². The van der Waals surface area contributed by atoms with Gasteiger partial charge in [0.25, 0.3) is 0 Å². The number of halogens is 2. The van der Waals surface area contributed by atoms with E-state index in [4.69, 9.17) is 16.3 Å². The second-order valence-electron chi connectivity index (χ2n) is 6.10. The quantitative estimate of drug-likeness (QED) is 0.668. The van der Waals surface area contributed by atoms with Crippen LogP contribution in [-0.4, -0.2) is 38.6 Å². The Morgan fingerprint density at radius 3 is 2.64 bits per heavy atom. The van der Waals surface area contributed by atoms with Gasteiger partial charge in [-0.15, -0.1) is 12.4 Å². The number of ether oxygens (including phenoxy) is 1. The van der Waals surface area contributed by atoms with Crippen LogP contribution in [-0.2, 0) is 9.59 Å². The molecule has 1 atom stereocenters. The predicted molar refractivity (Wildman–Crippen MR) is 102 cm³/mol. The molecule has 1 saturated heterocycles. The first-order valence-electron chi connectivity index (χ1n) is 8.04. The van der Waals surface area contributed by atoms with Gasteiger partial charge in [-0.1, -0.05) is 18.5 Å². The van der Waals surface area contributed by atoms with Gasteiger partial charge in [-0.2, -0.15) is 0 Å². The Hall–Kier alpha value is -1.50. The molecule has 1 aliphatic rings. The molecule has 3 N–H and O–H groups in total. The van der Waals surface area contributed by atoms with E-state index < -0.39 is 0 Å². The van der Waals surface area contributed by atoms with Crippen LogP contribution in [0.15, 0.2) is 12.1 Å². The van der Waals surface area contributed by atoms with Gasteiger partial charge in [0.1, 0.15) is 5.75 Å². The molecule has 0 spiro atoms. The van der Waals surface area contributed by atoms with E-state index in [-0.39, 0.29) is 36.6 Å². The van der Waals surface area contributed by atoms with E-state index in [1.807, 2.05) is 13.8 Å². The van der Waals surface area contributed by atoms with Gasteiger partial charge in [-0.05, 0) is 37.6 Å². The summed E-state index contributed by atoms with van der Waals surface area (Å²) in [5, 5.41) is 9.34. The second kappa shape index (κ2) is 9.85. The Balaban J connectivity index is 0.00000312. The van der Waals surface area contributed by atoms with Crippen molar-refractivity contribution >= 4 is 41.5 Å². The van der Waals surface area contributed by atoms with Crippen molar-refractivity contribution in [1.82, 2.24) is 10.6 Å². The van der Waals surface area contributed by atoms with Gasteiger partial charge < -0.3 is 20.7 Å². The summed E-state index contributed by atoms with van der Waals surface area (Å²) < 4.78 is 5.23. The number of aryl methyl sites for hydroxylation is 1. The van der Waals surface area contributed by atoms with E-state index in [2.05, 4.69) is 16.0 Å². The van der Waals surface area contributed by atoms with Gasteiger partial charge in [0.05, 0.1) is 12.8 Å². The third-order valence-corrected chi connectivity index (χ3v) is 4.75. The largest absolute Gasteiger partial charge is 0.495 e. The minimum atomic E-state index is -0.187. The lowest BCUT2D eigenvalue weighted by Gasteiger charge is -2.31. The van der Waals surface area contributed by atoms with E-state index in [1.165, 1.54) is 7.11 Å². The van der Waals surface area contributed by atoms with Crippen LogP contribution in [0.2, 0.25) is 5.02 Å². The topological polar surface area (TPSA) is 79.5 Å². The lowest BCUT2D eigenvalue weighted by molar-refractivity contribution is -0.126. The number of anilines is 1. The van der Waals surface area contributed by atoms with Gasteiger partial charge in [0.2, 0.25) is 11.8 Å². The zero-order valence-electron chi connectivity index (χ0n) is 14.6. The molecule has 140 valence electrons. The summed E-state index contributed by atoms with van der Waals surface area (Å²) in [5.41, 5.74) is 1.42. The minimum Gasteiger partial charge on any atom is -0.495 e. The highest BCUT2D eigenvalue weighted by Gasteiger charge is 2.28. The summed E-state index contributed by atoms with van der Waals surface area (Å²) >= 11 is 6.05. The van der Waals surface area contributed by atoms with Crippen LogP contribution in [0.3, 0.4) is 0 Å². The first kappa shape index (κ1) is 21.5. The average molecular weight is 390 g/mol. The zero-order valence-corrected chi connectivity index (χ0v) is 16.2. The minimum absolute atomic E-state index is 0. The number of rotatable bonds is 7. The summed E-state index contributed by atoms with van der Waals surface area (Å²) in [5.74, 6) is 0.671. The molecule has 1 unspecified atom stereocenters. The van der Waals surface area contributed by atoms with Crippen molar-refractivity contribution < 1.29 is 14.3 Å². The van der Waals surface area contributed by atoms with Crippen LogP contribution in [0.1, 0.15) is 18.9 Å². The van der Waals surface area contributed by atoms with Crippen molar-refractivity contribution in [3.05, 3.63) is 22.7 Å². The molecule has 0 aromatic heterocycles. The van der Waals surface area contributed by atoms with Crippen LogP contribution in [0.25, 0.3) is 0 Å². The summed E-state index contributed by atoms with van der Waals surface area (Å²) in [4.78, 5) is 24.1. The third-order valence-electron chi connectivity index (χ3n) is 4.34. The Bertz CT molecular complexity index is 621. The van der Waals surface area contributed by atoms with Crippen molar-refractivity contribution in [2.24, 2.45) is 11.8 Å². The molecule has 1 aromatic rings. The zero-order chi connectivity index (χ0) is 17.7. The highest BCUT2D eigenvalue weighted by atomic mass is 35.5. The van der Waals surface area contributed by atoms with Crippen molar-refractivity contribution in [3.63, 3.8) is 0 Å². The Kier molecular flexibility index (Phi) is 8.48. The SMILES string of the molecule is COc1cc(Cl)c(C)cc1NC(=O)CCNC(=O)C(C)C1CNC1.Cl. The van der Waals surface area contributed by atoms with Crippen LogP contribution >= 0.6 is 24.0 Å². The first-order chi connectivity index (χ1) is 11.4. The summed E-state index contributed by atoms with van der Waals surface area (Å²) in [6, 6.07) is 3.44. The monoisotopic (exact) mass is 389 g/mol. The normalized spacial score (nSPS) is 14.7. The Morgan fingerprint density at radius 2 is 2.08 bits per heavy atom. The number of carbonyl (C=O) groups excluding carboxylic acids is 2. The van der Waals surface area contributed by atoms with Gasteiger partial charge >= 0.3 is 0 Å². The Morgan fingerprint density at radius 1 is 1.40 bits per heavy atom. The number of methoxy groups -OCH3 is 1. The predicted octanol–water partition coefficient (Wildman–Crippen LogP) is 2.38. The highest BCUT2D eigenvalue weighted by Crippen LogP contribution is 2.30. The van der Waals surface area contributed by atoms with Crippen molar-refractivity contribution in [1.29, 1.82) is 0 Å². The molecule has 6 nitrogen and oxygen atoms in total. The number of benzene rings is 1. The number of hydrogen-bond donors (Lipinski definition) is 3. The fraction of sp³-hybridized carbons (Fsp3) is 0.529. The second-order valence-corrected chi connectivity index (χ2v) is 6.51. The first-order valence-corrected chi connectivity index (χ1v) is 8.42. The third kappa shape index (κ3) is 5.76. The molecule has 2 rings (SSSR count). The van der Waals surface area contributed by atoms with Crippen molar-refractivity contribution in [2.45, 2.75) is 20.3 Å². The van der Waals surface area contributed by atoms with Crippen LogP contribution < -0.4 is 20.7 Å². The fourth-order valence-corrected chi connectivity index (χ4v) is 2.64. The van der Waals surface area contributed by atoms with Crippen molar-refractivity contribution in [2.75, 3.05) is 32.1 Å². The summed E-state index contributed by atoms with van der Waals surface area (Å²) in [6.45, 7) is 5.84. The molecule has 25 heavy (non-hydrogen) atoms. The maximum Gasteiger partial charge on any atom is 0.226 e. The average Bonchev–Trinajstić information content (AvgIpc) is 2.48. The van der Waals surface area contributed by atoms with Crippen LogP contribution in [0.5, 0.6) is 5.75 Å². The molecule has 1 aliphatic heterocycles. The van der Waals surface area contributed by atoms with Gasteiger partial charge in [0, 0.05) is 30.0 Å². The lowest BCUT2D eigenvalue weighted by Crippen LogP contribution is -2.49. The van der Waals surface area contributed by atoms with Gasteiger partial charge in [-0.3, -0.25) is 9.59 Å². The molecular weight excluding hydrogens is 365 g/mol. The molecular formula is C17H25Cl2N3O3. The van der Waals surface area contributed by atoms with Crippen molar-refractivity contribution in [3.8, 4) is 5.75 Å². The molecule has 0 bridgehead atoms. The van der Waals surface area contributed by atoms with Gasteiger partial charge in [-0.25, -0.2) is 0 Å². The number of hydrogen-bond acceptors (Lipinski definition) is 4. The highest BCUT2D eigenvalue weighted by molar-refractivity contribution is 6.31. The summed E-state index contributed by atoms with van der Waals surface area (Å²) in [6.07, 6.45) is 0.201. The molecule has 1 heterocycles. The van der Waals surface area contributed by atoms with E-state index >= 15 is 0 Å². The molecule has 0 saturated carbocycles. The maximum absolute atomic E-state index is 12.1. The molecule has 0 aliphatic carbocycles. The van der Waals surface area contributed by atoms with E-state index in [0.29, 0.717) is 28.9 Å². The van der Waals surface area contributed by atoms with E-state index in [1.54, 1.807) is 12.1 Å². The smallest absolute Gasteiger partial charge is 0.226 e. The molecule has 0 radical (unpaired) electrons. The van der Waals surface area contributed by atoms with E-state index in [9.17, 15) is 9.59 Å². The number of carbonyl (C=O) groups is 2. The van der Waals surface area contributed by atoms with Crippen LogP contribution in [0.4, 0.5) is 5.69 Å². The van der Waals surface area contributed by atoms with Gasteiger partial charge in [0.15, 0.2) is 0 Å². The molecule has 2 amide bonds. The molecule has 1 fully saturated rings. The standard InChI is InChI=1S/C17H24ClN3O3.ClH/c1-10-6-14(15(24-3)7-13(10)18)21-16(22)4-5-20-17(23)11(2)12-8-19-9-12;/h6-7,11-12,19H,4-5,8-9H2,1-3H3,(H,20,23)(H,21,22);1H. The molecule has 8 heteroatoms. The summed E-state index contributed by atoms with van der Waals surface area (Å²) in [7, 11) is 1.52. The van der Waals surface area contributed by atoms with Crippen LogP contribution in [0, 0.1) is 18.8 Å². The number of nitrogens with one attached hydrogen (secondary N) is 3. The number of amides is 2. The maximum atomic E-state index is 12.1.